The third-order valence-electron chi connectivity index (χ3n) is 4.06. The van der Waals surface area contributed by atoms with Crippen molar-refractivity contribution in [3.8, 4) is 5.75 Å². The molecule has 3 aromatic carbocycles. The highest BCUT2D eigenvalue weighted by atomic mass is 16.6. The van der Waals surface area contributed by atoms with Crippen molar-refractivity contribution in [3.63, 3.8) is 0 Å². The second kappa shape index (κ2) is 8.64. The summed E-state index contributed by atoms with van der Waals surface area (Å²) in [6.45, 7) is 0.298. The number of nitro benzene ring substituents is 1. The van der Waals surface area contributed by atoms with Crippen molar-refractivity contribution in [2.24, 2.45) is 0 Å². The number of aliphatic carboxylic acids is 1. The predicted octanol–water partition coefficient (Wildman–Crippen LogP) is 4.80. The number of hydrogen-bond acceptors (Lipinski definition) is 4. The number of nitro groups is 1. The lowest BCUT2D eigenvalue weighted by molar-refractivity contribution is -0.385. The molecular formula is C22H17NO5. The van der Waals surface area contributed by atoms with Gasteiger partial charge in [0.1, 0.15) is 12.4 Å². The van der Waals surface area contributed by atoms with Crippen molar-refractivity contribution in [2.45, 2.75) is 6.61 Å². The van der Waals surface area contributed by atoms with E-state index >= 15 is 0 Å². The average Bonchev–Trinajstić information content (AvgIpc) is 2.71. The second-order valence-corrected chi connectivity index (χ2v) is 5.98. The summed E-state index contributed by atoms with van der Waals surface area (Å²) in [6, 6.07) is 22.3. The normalized spacial score (nSPS) is 11.1. The van der Waals surface area contributed by atoms with Crippen LogP contribution in [-0.2, 0) is 11.4 Å². The highest BCUT2D eigenvalue weighted by molar-refractivity contribution is 6.20. The molecule has 0 saturated heterocycles. The van der Waals surface area contributed by atoms with Gasteiger partial charge in [-0.1, -0.05) is 60.7 Å². The maximum Gasteiger partial charge on any atom is 0.336 e. The lowest BCUT2D eigenvalue weighted by Crippen LogP contribution is -2.01. The zero-order valence-electron chi connectivity index (χ0n) is 14.8. The smallest absolute Gasteiger partial charge is 0.336 e. The van der Waals surface area contributed by atoms with E-state index in [-0.39, 0.29) is 16.8 Å². The van der Waals surface area contributed by atoms with Crippen LogP contribution in [0.5, 0.6) is 5.75 Å². The second-order valence-electron chi connectivity index (χ2n) is 5.98. The highest BCUT2D eigenvalue weighted by Gasteiger charge is 2.17. The summed E-state index contributed by atoms with van der Waals surface area (Å²) in [4.78, 5) is 22.6. The van der Waals surface area contributed by atoms with Gasteiger partial charge in [-0.05, 0) is 29.3 Å². The Kier molecular flexibility index (Phi) is 5.81. The first-order valence-corrected chi connectivity index (χ1v) is 8.50. The molecule has 6 nitrogen and oxygen atoms in total. The number of ether oxygens (including phenoxy) is 1. The zero-order valence-corrected chi connectivity index (χ0v) is 14.8. The highest BCUT2D eigenvalue weighted by Crippen LogP contribution is 2.29. The van der Waals surface area contributed by atoms with Crippen LogP contribution in [0.1, 0.15) is 16.7 Å². The van der Waals surface area contributed by atoms with Crippen LogP contribution in [0.25, 0.3) is 11.6 Å². The van der Waals surface area contributed by atoms with Crippen molar-refractivity contribution in [3.05, 3.63) is 106 Å². The summed E-state index contributed by atoms with van der Waals surface area (Å²) in [6.07, 6.45) is 1.30. The molecule has 0 radical (unpaired) electrons. The van der Waals surface area contributed by atoms with E-state index in [2.05, 4.69) is 0 Å². The molecule has 0 bridgehead atoms. The fourth-order valence-electron chi connectivity index (χ4n) is 2.69. The largest absolute Gasteiger partial charge is 0.489 e. The Hall–Kier alpha value is -3.93. The van der Waals surface area contributed by atoms with Gasteiger partial charge in [0.05, 0.1) is 16.1 Å². The van der Waals surface area contributed by atoms with Crippen LogP contribution in [-0.4, -0.2) is 16.0 Å². The quantitative estimate of drug-likeness (QED) is 0.277. The van der Waals surface area contributed by atoms with Crippen LogP contribution < -0.4 is 4.74 Å². The maximum atomic E-state index is 11.7. The summed E-state index contributed by atoms with van der Waals surface area (Å²) >= 11 is 0. The van der Waals surface area contributed by atoms with Crippen LogP contribution in [0.15, 0.2) is 78.9 Å². The Balaban J connectivity index is 1.97. The van der Waals surface area contributed by atoms with Crippen molar-refractivity contribution in [2.75, 3.05) is 0 Å². The summed E-state index contributed by atoms with van der Waals surface area (Å²) in [5.74, 6) is -0.755. The molecule has 0 atom stereocenters. The van der Waals surface area contributed by atoms with Crippen LogP contribution in [0.3, 0.4) is 0 Å². The average molecular weight is 375 g/mol. The van der Waals surface area contributed by atoms with Gasteiger partial charge in [0.15, 0.2) is 0 Å². The number of carbonyl (C=O) groups is 1. The van der Waals surface area contributed by atoms with Crippen LogP contribution in [0.2, 0.25) is 0 Å². The minimum Gasteiger partial charge on any atom is -0.489 e. The number of rotatable bonds is 7. The molecule has 6 heteroatoms. The Bertz CT molecular complexity index is 1010. The van der Waals surface area contributed by atoms with Crippen molar-refractivity contribution in [1.82, 2.24) is 0 Å². The third kappa shape index (κ3) is 4.62. The number of benzene rings is 3. The van der Waals surface area contributed by atoms with Crippen molar-refractivity contribution < 1.29 is 19.6 Å². The molecule has 0 aliphatic heterocycles. The molecule has 0 spiro atoms. The van der Waals surface area contributed by atoms with E-state index in [0.29, 0.717) is 17.9 Å². The van der Waals surface area contributed by atoms with Gasteiger partial charge in [0, 0.05) is 6.07 Å². The summed E-state index contributed by atoms with van der Waals surface area (Å²) < 4.78 is 5.72. The first kappa shape index (κ1) is 18.8. The summed E-state index contributed by atoms with van der Waals surface area (Å²) in [7, 11) is 0. The van der Waals surface area contributed by atoms with E-state index in [0.717, 1.165) is 5.56 Å². The Morgan fingerprint density at radius 1 is 1.00 bits per heavy atom. The number of nitrogens with zero attached hydrogens (tertiary/aromatic N) is 1. The van der Waals surface area contributed by atoms with Gasteiger partial charge in [-0.15, -0.1) is 0 Å². The lowest BCUT2D eigenvalue weighted by atomic mass is 10.0. The first-order valence-electron chi connectivity index (χ1n) is 8.50. The van der Waals surface area contributed by atoms with E-state index in [4.69, 9.17) is 4.74 Å². The maximum absolute atomic E-state index is 11.7. The van der Waals surface area contributed by atoms with Crippen LogP contribution in [0.4, 0.5) is 5.69 Å². The summed E-state index contributed by atoms with van der Waals surface area (Å²) in [5.41, 5.74) is 1.34. The Morgan fingerprint density at radius 3 is 2.25 bits per heavy atom. The molecule has 0 fully saturated rings. The molecule has 140 valence electrons. The molecule has 0 aromatic heterocycles. The number of carboxylic acid groups (broad SMARTS) is 1. The molecule has 0 aliphatic carbocycles. The molecule has 0 saturated carbocycles. The standard InChI is InChI=1S/C22H17NO5/c24-22(25)20(17-9-5-2-6-10-17)14-18-13-19(11-12-21(18)23(26)27)28-15-16-7-3-1-4-8-16/h1-14H,15H2,(H,24,25)/b20-14+. The van der Waals surface area contributed by atoms with Crippen LogP contribution >= 0.6 is 0 Å². The van der Waals surface area contributed by atoms with Crippen molar-refractivity contribution in [1.29, 1.82) is 0 Å². The Morgan fingerprint density at radius 2 is 1.64 bits per heavy atom. The molecule has 0 aliphatic rings. The van der Waals surface area contributed by atoms with Gasteiger partial charge in [0.2, 0.25) is 0 Å². The van der Waals surface area contributed by atoms with E-state index in [1.54, 1.807) is 30.3 Å². The van der Waals surface area contributed by atoms with E-state index in [1.807, 2.05) is 30.3 Å². The molecule has 0 amide bonds. The molecule has 3 rings (SSSR count). The molecule has 3 aromatic rings. The number of hydrogen-bond donors (Lipinski definition) is 1. The predicted molar refractivity (Wildman–Crippen MR) is 106 cm³/mol. The zero-order chi connectivity index (χ0) is 19.9. The van der Waals surface area contributed by atoms with Crippen molar-refractivity contribution >= 4 is 23.3 Å². The van der Waals surface area contributed by atoms with Gasteiger partial charge in [0.25, 0.3) is 5.69 Å². The molecule has 0 unspecified atom stereocenters. The molecular weight excluding hydrogens is 358 g/mol. The third-order valence-corrected chi connectivity index (χ3v) is 4.06. The summed E-state index contributed by atoms with van der Waals surface area (Å²) in [5, 5.41) is 21.0. The fourth-order valence-corrected chi connectivity index (χ4v) is 2.69. The molecule has 0 heterocycles. The Labute approximate surface area is 161 Å². The lowest BCUT2D eigenvalue weighted by Gasteiger charge is -2.08. The minimum atomic E-state index is -1.17. The topological polar surface area (TPSA) is 89.7 Å². The molecule has 28 heavy (non-hydrogen) atoms. The van der Waals surface area contributed by atoms with Gasteiger partial charge in [-0.25, -0.2) is 4.79 Å². The van der Waals surface area contributed by atoms with E-state index in [1.165, 1.54) is 24.3 Å². The van der Waals surface area contributed by atoms with Gasteiger partial charge >= 0.3 is 5.97 Å². The van der Waals surface area contributed by atoms with Gasteiger partial charge < -0.3 is 9.84 Å². The monoisotopic (exact) mass is 375 g/mol. The number of carboxylic acids is 1. The molecule has 1 N–H and O–H groups in total. The first-order chi connectivity index (χ1) is 13.5. The fraction of sp³-hybridized carbons (Fsp3) is 0.0455. The van der Waals surface area contributed by atoms with E-state index < -0.39 is 10.9 Å². The van der Waals surface area contributed by atoms with E-state index in [9.17, 15) is 20.0 Å². The van der Waals surface area contributed by atoms with Gasteiger partial charge in [-0.3, -0.25) is 10.1 Å². The SMILES string of the molecule is O=C(O)/C(=C/c1cc(OCc2ccccc2)ccc1[N+](=O)[O-])c1ccccc1. The van der Waals surface area contributed by atoms with Crippen LogP contribution in [0, 0.1) is 10.1 Å². The van der Waals surface area contributed by atoms with Gasteiger partial charge in [-0.2, -0.15) is 0 Å². The minimum absolute atomic E-state index is 0.0380.